The molecule has 1 saturated heterocycles. The van der Waals surface area contributed by atoms with Crippen LogP contribution in [-0.2, 0) is 17.2 Å². The fraction of sp³-hybridized carbons (Fsp3) is 0.261. The number of hydrogen-bond donors (Lipinski definition) is 2. The molecule has 5 rings (SSSR count). The summed E-state index contributed by atoms with van der Waals surface area (Å²) < 4.78 is 24.6. The van der Waals surface area contributed by atoms with Crippen LogP contribution in [0.4, 0.5) is 16.0 Å². The van der Waals surface area contributed by atoms with E-state index in [1.165, 1.54) is 6.07 Å². The zero-order valence-corrected chi connectivity index (χ0v) is 18.9. The van der Waals surface area contributed by atoms with Gasteiger partial charge in [-0.25, -0.2) is 14.4 Å². The molecule has 0 spiro atoms. The van der Waals surface area contributed by atoms with Gasteiger partial charge in [-0.2, -0.15) is 9.46 Å². The summed E-state index contributed by atoms with van der Waals surface area (Å²) in [5, 5.41) is 19.0. The van der Waals surface area contributed by atoms with Gasteiger partial charge in [0, 0.05) is 47.2 Å². The number of aromatic amines is 1. The van der Waals surface area contributed by atoms with Gasteiger partial charge in [-0.15, -0.1) is 0 Å². The normalized spacial score (nSPS) is 16.3. The van der Waals surface area contributed by atoms with Crippen molar-refractivity contribution in [1.82, 2.24) is 20.2 Å². The van der Waals surface area contributed by atoms with Crippen molar-refractivity contribution in [2.24, 2.45) is 4.36 Å². The number of H-pyrrole nitrogens is 1. The van der Waals surface area contributed by atoms with E-state index in [1.54, 1.807) is 37.4 Å². The van der Waals surface area contributed by atoms with E-state index >= 15 is 4.39 Å². The van der Waals surface area contributed by atoms with E-state index in [1.807, 2.05) is 11.8 Å². The maximum absolute atomic E-state index is 15.1. The van der Waals surface area contributed by atoms with Crippen LogP contribution in [0, 0.1) is 12.7 Å². The maximum Gasteiger partial charge on any atom is 0.172 e. The Morgan fingerprint density at radius 2 is 2.09 bits per heavy atom. The van der Waals surface area contributed by atoms with Gasteiger partial charge in [-0.3, -0.25) is 5.10 Å². The Kier molecular flexibility index (Phi) is 5.47. The molecular formula is C23H21FN6O2S. The number of morpholine rings is 1. The largest absolute Gasteiger partial charge is 0.504 e. The number of benzene rings is 1. The van der Waals surface area contributed by atoms with Crippen LogP contribution in [0.1, 0.15) is 12.5 Å². The average Bonchev–Trinajstić information content (AvgIpc) is 3.35. The highest BCUT2D eigenvalue weighted by atomic mass is 32.1. The third kappa shape index (κ3) is 3.51. The molecule has 1 aliphatic rings. The summed E-state index contributed by atoms with van der Waals surface area (Å²) in [4.78, 5) is 11.5. The minimum atomic E-state index is -0.461. The quantitative estimate of drug-likeness (QED) is 0.461. The molecule has 0 bridgehead atoms. The lowest BCUT2D eigenvalue weighted by Gasteiger charge is -2.35. The summed E-state index contributed by atoms with van der Waals surface area (Å²) in [6, 6.07) is 8.07. The van der Waals surface area contributed by atoms with Crippen LogP contribution in [0.25, 0.3) is 33.4 Å². The number of hydrogen-bond acceptors (Lipinski definition) is 8. The van der Waals surface area contributed by atoms with Crippen molar-refractivity contribution in [3.63, 3.8) is 0 Å². The van der Waals surface area contributed by atoms with Gasteiger partial charge in [0.25, 0.3) is 0 Å². The number of anilines is 1. The predicted octanol–water partition coefficient (Wildman–Crippen LogP) is 4.43. The highest BCUT2D eigenvalue weighted by Crippen LogP contribution is 2.47. The maximum atomic E-state index is 15.1. The molecule has 0 unspecified atom stereocenters. The molecule has 0 amide bonds. The number of aromatic hydroxyl groups is 1. The summed E-state index contributed by atoms with van der Waals surface area (Å²) in [7, 11) is 0. The van der Waals surface area contributed by atoms with Crippen LogP contribution in [0.3, 0.4) is 0 Å². The summed E-state index contributed by atoms with van der Waals surface area (Å²) in [6.45, 7) is 5.31. The Bertz CT molecular complexity index is 1360. The van der Waals surface area contributed by atoms with Crippen LogP contribution in [0.15, 0.2) is 40.9 Å². The second-order valence-electron chi connectivity index (χ2n) is 7.95. The molecule has 4 heterocycles. The third-order valence-corrected chi connectivity index (χ3v) is 6.10. The number of nitrogens with zero attached hydrogens (tertiary/aromatic N) is 5. The van der Waals surface area contributed by atoms with Crippen molar-refractivity contribution in [2.75, 3.05) is 24.7 Å². The Balaban J connectivity index is 1.95. The third-order valence-electron chi connectivity index (χ3n) is 5.93. The van der Waals surface area contributed by atoms with Crippen molar-refractivity contribution in [1.29, 1.82) is 0 Å². The molecule has 1 aromatic carbocycles. The Labute approximate surface area is 194 Å². The van der Waals surface area contributed by atoms with E-state index in [2.05, 4.69) is 19.5 Å². The van der Waals surface area contributed by atoms with Crippen molar-refractivity contribution < 1.29 is 14.2 Å². The van der Waals surface area contributed by atoms with E-state index < -0.39 is 5.82 Å². The first-order valence-corrected chi connectivity index (χ1v) is 10.9. The number of rotatable bonds is 4. The van der Waals surface area contributed by atoms with E-state index in [-0.39, 0.29) is 17.4 Å². The summed E-state index contributed by atoms with van der Waals surface area (Å²) >= 11 is 4.98. The molecule has 168 valence electrons. The molecule has 4 aromatic rings. The first kappa shape index (κ1) is 21.4. The summed E-state index contributed by atoms with van der Waals surface area (Å²) in [6.07, 6.45) is 1.61. The minimum Gasteiger partial charge on any atom is -0.504 e. The smallest absolute Gasteiger partial charge is 0.172 e. The molecule has 10 heteroatoms. The molecule has 33 heavy (non-hydrogen) atoms. The number of halogens is 1. The Morgan fingerprint density at radius 3 is 2.79 bits per heavy atom. The molecule has 0 radical (unpaired) electrons. The van der Waals surface area contributed by atoms with Crippen molar-refractivity contribution in [3.05, 3.63) is 47.9 Å². The second-order valence-corrected chi connectivity index (χ2v) is 8.13. The van der Waals surface area contributed by atoms with Gasteiger partial charge in [-0.1, -0.05) is 18.2 Å². The number of aryl methyl sites for hydroxylation is 1. The number of ether oxygens (including phenoxy) is 1. The standard InChI is InChI=1S/C23H21FN6O2S/c1-12-11-32-10-9-30(12)23-21(31)18(14-5-3-4-6-15(14)24)17-13(2)22(29-33)26-19(20(17)27-23)16-7-8-25-28-16/h3-8,12,31H,9-11H2,1-2H3,(H,25,28)/t12-/m1/s1. The van der Waals surface area contributed by atoms with Crippen LogP contribution in [0.5, 0.6) is 5.75 Å². The van der Waals surface area contributed by atoms with E-state index in [0.717, 1.165) is 0 Å². The van der Waals surface area contributed by atoms with Crippen molar-refractivity contribution in [2.45, 2.75) is 19.9 Å². The molecule has 3 aromatic heterocycles. The molecule has 0 aliphatic carbocycles. The second kappa shape index (κ2) is 8.45. The van der Waals surface area contributed by atoms with Gasteiger partial charge in [0.1, 0.15) is 17.0 Å². The fourth-order valence-electron chi connectivity index (χ4n) is 4.29. The van der Waals surface area contributed by atoms with E-state index in [4.69, 9.17) is 22.1 Å². The highest BCUT2D eigenvalue weighted by molar-refractivity contribution is 7.47. The highest BCUT2D eigenvalue weighted by Gasteiger charge is 2.29. The van der Waals surface area contributed by atoms with Crippen LogP contribution in [0.2, 0.25) is 0 Å². The summed E-state index contributed by atoms with van der Waals surface area (Å²) in [5.41, 5.74) is 2.75. The van der Waals surface area contributed by atoms with Crippen LogP contribution in [-0.4, -0.2) is 51.1 Å². The minimum absolute atomic E-state index is 0.0327. The monoisotopic (exact) mass is 464 g/mol. The van der Waals surface area contributed by atoms with Crippen LogP contribution >= 0.6 is 0 Å². The molecule has 1 fully saturated rings. The average molecular weight is 465 g/mol. The molecule has 2 N–H and O–H groups in total. The molecule has 0 saturated carbocycles. The lowest BCUT2D eigenvalue weighted by atomic mass is 9.95. The van der Waals surface area contributed by atoms with Crippen LogP contribution < -0.4 is 4.90 Å². The topological polar surface area (TPSA) is 99.5 Å². The number of pyridine rings is 2. The lowest BCUT2D eigenvalue weighted by Crippen LogP contribution is -2.44. The summed E-state index contributed by atoms with van der Waals surface area (Å²) in [5.74, 6) is 0.0777. The van der Waals surface area contributed by atoms with Crippen molar-refractivity contribution in [3.8, 4) is 28.3 Å². The number of aromatic nitrogens is 4. The molecule has 8 nitrogen and oxygen atoms in total. The fourth-order valence-corrected chi connectivity index (χ4v) is 4.46. The van der Waals surface area contributed by atoms with E-state index in [9.17, 15) is 5.11 Å². The molecule has 1 atom stereocenters. The van der Waals surface area contributed by atoms with Gasteiger partial charge < -0.3 is 14.7 Å². The zero-order chi connectivity index (χ0) is 23.1. The van der Waals surface area contributed by atoms with Gasteiger partial charge in [0.15, 0.2) is 17.4 Å². The van der Waals surface area contributed by atoms with Gasteiger partial charge >= 0.3 is 0 Å². The zero-order valence-electron chi connectivity index (χ0n) is 18.0. The molecule has 1 aliphatic heterocycles. The number of nitrogens with one attached hydrogen (secondary N) is 1. The van der Waals surface area contributed by atoms with Gasteiger partial charge in [-0.05, 0) is 26.0 Å². The van der Waals surface area contributed by atoms with Gasteiger partial charge in [0.05, 0.1) is 24.9 Å². The van der Waals surface area contributed by atoms with Crippen molar-refractivity contribution >= 4 is 35.0 Å². The SMILES string of the molecule is Cc1c(N=S)nc(-c2ccn[nH]2)c2nc(N3CCOC[C@H]3C)c(O)c(-c3ccccc3F)c12. The predicted molar refractivity (Wildman–Crippen MR) is 126 cm³/mol. The first-order chi connectivity index (χ1) is 16.0. The number of fused-ring (bicyclic) bond motifs is 1. The van der Waals surface area contributed by atoms with E-state index in [0.29, 0.717) is 64.8 Å². The van der Waals surface area contributed by atoms with Gasteiger partial charge in [0.2, 0.25) is 0 Å². The first-order valence-electron chi connectivity index (χ1n) is 10.5. The lowest BCUT2D eigenvalue weighted by molar-refractivity contribution is 0.0983. The Morgan fingerprint density at radius 1 is 1.27 bits per heavy atom. The Hall–Kier alpha value is -3.50. The molecular weight excluding hydrogens is 443 g/mol.